The molecule has 3 aromatic rings. The maximum atomic E-state index is 12.9. The number of ether oxygens (including phenoxy) is 1. The fourth-order valence-electron chi connectivity index (χ4n) is 4.53. The van der Waals surface area contributed by atoms with Gasteiger partial charge in [-0.3, -0.25) is 9.59 Å². The summed E-state index contributed by atoms with van der Waals surface area (Å²) in [7, 11) is 0. The van der Waals surface area contributed by atoms with Crippen LogP contribution in [-0.4, -0.2) is 34.0 Å². The third-order valence-corrected chi connectivity index (χ3v) is 7.19. The first-order chi connectivity index (χ1) is 17.1. The molecule has 1 N–H and O–H groups in total. The zero-order chi connectivity index (χ0) is 25.9. The first kappa shape index (κ1) is 26.3. The third-order valence-electron chi connectivity index (χ3n) is 6.20. The van der Waals surface area contributed by atoms with Gasteiger partial charge in [-0.15, -0.1) is 0 Å². The topological polar surface area (TPSA) is 66.8 Å². The molecule has 0 fully saturated rings. The van der Waals surface area contributed by atoms with Crippen molar-refractivity contribution < 1.29 is 19.4 Å². The Balaban J connectivity index is 1.39. The zero-order valence-electron chi connectivity index (χ0n) is 19.8. The molecule has 1 aliphatic heterocycles. The second-order valence-corrected chi connectivity index (χ2v) is 10.6. The molecule has 0 bridgehead atoms. The van der Waals surface area contributed by atoms with E-state index in [0.717, 1.165) is 35.3 Å². The van der Waals surface area contributed by atoms with Gasteiger partial charge in [0.1, 0.15) is 17.9 Å². The Morgan fingerprint density at radius 2 is 1.64 bits per heavy atom. The molecule has 1 amide bonds. The molecule has 3 aromatic carbocycles. The van der Waals surface area contributed by atoms with Crippen LogP contribution in [-0.2, 0) is 35.4 Å². The summed E-state index contributed by atoms with van der Waals surface area (Å²) in [5, 5.41) is 10.8. The molecular weight excluding hydrogens is 521 g/mol. The van der Waals surface area contributed by atoms with Crippen molar-refractivity contribution in [3.05, 3.63) is 98.0 Å². The molecule has 1 heterocycles. The van der Waals surface area contributed by atoms with Crippen LogP contribution in [0.3, 0.4) is 0 Å². The highest BCUT2D eigenvalue weighted by Gasteiger charge is 2.35. The summed E-state index contributed by atoms with van der Waals surface area (Å²) < 4.78 is 6.28. The molecule has 0 radical (unpaired) electrons. The van der Waals surface area contributed by atoms with E-state index in [4.69, 9.17) is 39.5 Å². The molecule has 0 spiro atoms. The monoisotopic (exact) mass is 545 g/mol. The molecular formula is C28H26Cl3NO4. The van der Waals surface area contributed by atoms with Crippen LogP contribution in [0.1, 0.15) is 35.6 Å². The number of carboxylic acids is 1. The number of hydrogen-bond donors (Lipinski definition) is 1. The molecule has 4 rings (SSSR count). The molecule has 0 unspecified atom stereocenters. The smallest absolute Gasteiger partial charge is 0.323 e. The first-order valence-electron chi connectivity index (χ1n) is 11.6. The standard InChI is InChI=1S/C28H26Cl3NO4/c1-28(14-19-2-7-22(29)8-3-19)15-21-12-18(5-10-25(21)36-28)6-11-26(33)32(17-27(34)35)16-20-4-9-23(30)24(31)13-20/h2-5,7-10,12-13H,6,11,14-17H2,1H3,(H,34,35)/t28-/m0/s1. The third kappa shape index (κ3) is 6.73. The maximum Gasteiger partial charge on any atom is 0.323 e. The Hall–Kier alpha value is -2.73. The van der Waals surface area contributed by atoms with E-state index < -0.39 is 5.97 Å². The number of hydrogen-bond acceptors (Lipinski definition) is 3. The van der Waals surface area contributed by atoms with Crippen LogP contribution < -0.4 is 4.74 Å². The molecule has 188 valence electrons. The lowest BCUT2D eigenvalue weighted by atomic mass is 9.91. The fraction of sp³-hybridized carbons (Fsp3) is 0.286. The highest BCUT2D eigenvalue weighted by atomic mass is 35.5. The SMILES string of the molecule is C[C@]1(Cc2ccc(Cl)cc2)Cc2cc(CCC(=O)N(CC(=O)O)Cc3ccc(Cl)c(Cl)c3)ccc2O1. The van der Waals surface area contributed by atoms with Crippen molar-refractivity contribution in [3.8, 4) is 5.75 Å². The van der Waals surface area contributed by atoms with E-state index in [9.17, 15) is 14.7 Å². The van der Waals surface area contributed by atoms with Crippen molar-refractivity contribution in [2.45, 2.75) is 44.8 Å². The van der Waals surface area contributed by atoms with Crippen LogP contribution >= 0.6 is 34.8 Å². The Bertz CT molecular complexity index is 1280. The number of fused-ring (bicyclic) bond motifs is 1. The van der Waals surface area contributed by atoms with Gasteiger partial charge in [-0.25, -0.2) is 0 Å². The average Bonchev–Trinajstić information content (AvgIpc) is 3.15. The van der Waals surface area contributed by atoms with Crippen LogP contribution in [0.15, 0.2) is 60.7 Å². The maximum absolute atomic E-state index is 12.9. The molecule has 0 aromatic heterocycles. The average molecular weight is 547 g/mol. The number of carboxylic acid groups (broad SMARTS) is 1. The van der Waals surface area contributed by atoms with E-state index in [1.54, 1.807) is 18.2 Å². The van der Waals surface area contributed by atoms with E-state index in [0.29, 0.717) is 27.1 Å². The highest BCUT2D eigenvalue weighted by molar-refractivity contribution is 6.42. The van der Waals surface area contributed by atoms with Gasteiger partial charge in [-0.1, -0.05) is 65.1 Å². The molecule has 1 aliphatic rings. The van der Waals surface area contributed by atoms with E-state index in [-0.39, 0.29) is 31.0 Å². The van der Waals surface area contributed by atoms with Crippen LogP contribution in [0.5, 0.6) is 5.75 Å². The van der Waals surface area contributed by atoms with Gasteiger partial charge in [0.25, 0.3) is 0 Å². The molecule has 8 heteroatoms. The van der Waals surface area contributed by atoms with Crippen molar-refractivity contribution >= 4 is 46.7 Å². The number of amides is 1. The summed E-state index contributed by atoms with van der Waals surface area (Å²) in [6.07, 6.45) is 2.20. The van der Waals surface area contributed by atoms with Crippen LogP contribution in [0.25, 0.3) is 0 Å². The minimum absolute atomic E-state index is 0.142. The quantitative estimate of drug-likeness (QED) is 0.327. The number of carbonyl (C=O) groups excluding carboxylic acids is 1. The van der Waals surface area contributed by atoms with E-state index in [1.165, 1.54) is 4.90 Å². The Morgan fingerprint density at radius 1 is 0.944 bits per heavy atom. The molecule has 5 nitrogen and oxygen atoms in total. The number of carbonyl (C=O) groups is 2. The number of rotatable bonds is 9. The lowest BCUT2D eigenvalue weighted by Gasteiger charge is -2.24. The van der Waals surface area contributed by atoms with Crippen molar-refractivity contribution in [1.82, 2.24) is 4.90 Å². The second-order valence-electron chi connectivity index (χ2n) is 9.37. The number of aryl methyl sites for hydroxylation is 1. The predicted octanol–water partition coefficient (Wildman–Crippen LogP) is 6.63. The summed E-state index contributed by atoms with van der Waals surface area (Å²) in [6, 6.07) is 18.8. The van der Waals surface area contributed by atoms with Crippen LogP contribution in [0, 0.1) is 0 Å². The van der Waals surface area contributed by atoms with Gasteiger partial charge in [0, 0.05) is 30.8 Å². The number of benzene rings is 3. The Labute approximate surface area is 225 Å². The zero-order valence-corrected chi connectivity index (χ0v) is 22.0. The summed E-state index contributed by atoms with van der Waals surface area (Å²) in [5.41, 5.74) is 3.62. The second kappa shape index (κ2) is 11.1. The van der Waals surface area contributed by atoms with E-state index in [2.05, 4.69) is 13.0 Å². The van der Waals surface area contributed by atoms with Gasteiger partial charge in [-0.05, 0) is 65.9 Å². The van der Waals surface area contributed by atoms with Crippen LogP contribution in [0.4, 0.5) is 0 Å². The van der Waals surface area contributed by atoms with Crippen molar-refractivity contribution in [2.75, 3.05) is 6.54 Å². The van der Waals surface area contributed by atoms with E-state index >= 15 is 0 Å². The van der Waals surface area contributed by atoms with Crippen LogP contribution in [0.2, 0.25) is 15.1 Å². The van der Waals surface area contributed by atoms with Crippen molar-refractivity contribution in [2.24, 2.45) is 0 Å². The lowest BCUT2D eigenvalue weighted by Crippen LogP contribution is -2.35. The van der Waals surface area contributed by atoms with Gasteiger partial charge in [0.05, 0.1) is 10.0 Å². The van der Waals surface area contributed by atoms with E-state index in [1.807, 2.05) is 36.4 Å². The number of nitrogens with zero attached hydrogens (tertiary/aromatic N) is 1. The first-order valence-corrected chi connectivity index (χ1v) is 12.7. The summed E-state index contributed by atoms with van der Waals surface area (Å²) in [5.74, 6) is -0.459. The number of aliphatic carboxylic acids is 1. The molecule has 0 saturated carbocycles. The van der Waals surface area contributed by atoms with Gasteiger partial charge in [-0.2, -0.15) is 0 Å². The molecule has 0 aliphatic carbocycles. The number of halogens is 3. The lowest BCUT2D eigenvalue weighted by molar-refractivity contribution is -0.144. The van der Waals surface area contributed by atoms with Gasteiger partial charge < -0.3 is 14.7 Å². The van der Waals surface area contributed by atoms with Gasteiger partial charge >= 0.3 is 5.97 Å². The minimum atomic E-state index is -1.07. The van der Waals surface area contributed by atoms with Gasteiger partial charge in [0.15, 0.2) is 0 Å². The fourth-order valence-corrected chi connectivity index (χ4v) is 4.97. The highest BCUT2D eigenvalue weighted by Crippen LogP contribution is 2.37. The molecule has 0 saturated heterocycles. The summed E-state index contributed by atoms with van der Waals surface area (Å²) >= 11 is 18.0. The normalized spacial score (nSPS) is 16.3. The predicted molar refractivity (Wildman–Crippen MR) is 142 cm³/mol. The Kier molecular flexibility index (Phi) is 8.13. The van der Waals surface area contributed by atoms with Gasteiger partial charge in [0.2, 0.25) is 5.91 Å². The minimum Gasteiger partial charge on any atom is -0.487 e. The molecule has 1 atom stereocenters. The largest absolute Gasteiger partial charge is 0.487 e. The molecule has 36 heavy (non-hydrogen) atoms. The van der Waals surface area contributed by atoms with Crippen molar-refractivity contribution in [3.63, 3.8) is 0 Å². The van der Waals surface area contributed by atoms with Crippen molar-refractivity contribution in [1.29, 1.82) is 0 Å². The summed E-state index contributed by atoms with van der Waals surface area (Å²) in [6.45, 7) is 1.85. The Morgan fingerprint density at radius 3 is 2.33 bits per heavy atom. The summed E-state index contributed by atoms with van der Waals surface area (Å²) in [4.78, 5) is 25.6.